The summed E-state index contributed by atoms with van der Waals surface area (Å²) in [6.07, 6.45) is 3.27. The van der Waals surface area contributed by atoms with Gasteiger partial charge in [0.05, 0.1) is 4.90 Å². The number of imidazole rings is 1. The first-order chi connectivity index (χ1) is 13.6. The molecule has 0 saturated heterocycles. The predicted octanol–water partition coefficient (Wildman–Crippen LogP) is 4.17. The van der Waals surface area contributed by atoms with E-state index < -0.39 is 21.9 Å². The molecule has 0 aliphatic carbocycles. The van der Waals surface area contributed by atoms with Crippen LogP contribution in [0.5, 0.6) is 0 Å². The number of benzene rings is 2. The first-order valence-corrected chi connectivity index (χ1v) is 10.9. The zero-order valence-corrected chi connectivity index (χ0v) is 18.4. The maximum absolute atomic E-state index is 14.6. The van der Waals surface area contributed by atoms with Crippen molar-refractivity contribution in [2.24, 2.45) is 7.05 Å². The Morgan fingerprint density at radius 2 is 1.52 bits per heavy atom. The second-order valence-corrected chi connectivity index (χ2v) is 9.08. The molecule has 0 amide bonds. The van der Waals surface area contributed by atoms with Crippen LogP contribution >= 0.6 is 0 Å². The molecule has 2 aromatic carbocycles. The molecule has 0 saturated carbocycles. The van der Waals surface area contributed by atoms with Gasteiger partial charge in [-0.05, 0) is 68.5 Å². The average molecular weight is 416 g/mol. The molecule has 154 valence electrons. The summed E-state index contributed by atoms with van der Waals surface area (Å²) in [5.41, 5.74) is 4.58. The molecule has 0 bridgehead atoms. The highest BCUT2D eigenvalue weighted by atomic mass is 32.2. The van der Waals surface area contributed by atoms with E-state index in [1.165, 1.54) is 6.07 Å². The molecule has 1 atom stereocenters. The van der Waals surface area contributed by atoms with Gasteiger partial charge in [-0.2, -0.15) is 4.72 Å². The molecular formula is C22H26FN3O2S. The zero-order valence-electron chi connectivity index (χ0n) is 17.5. The number of nitrogens with zero attached hydrogens (tertiary/aromatic N) is 2. The minimum absolute atomic E-state index is 0.223. The van der Waals surface area contributed by atoms with E-state index in [0.717, 1.165) is 16.7 Å². The van der Waals surface area contributed by atoms with E-state index in [2.05, 4.69) is 9.71 Å². The van der Waals surface area contributed by atoms with Crippen LogP contribution in [0.3, 0.4) is 0 Å². The van der Waals surface area contributed by atoms with Gasteiger partial charge >= 0.3 is 0 Å². The number of aromatic nitrogens is 2. The van der Waals surface area contributed by atoms with Crippen molar-refractivity contribution < 1.29 is 12.8 Å². The van der Waals surface area contributed by atoms with Gasteiger partial charge in [0.15, 0.2) is 0 Å². The topological polar surface area (TPSA) is 64.0 Å². The van der Waals surface area contributed by atoms with Crippen molar-refractivity contribution in [1.29, 1.82) is 0 Å². The third-order valence-electron chi connectivity index (χ3n) is 5.81. The van der Waals surface area contributed by atoms with Crippen molar-refractivity contribution in [3.05, 3.63) is 81.7 Å². The number of hydrogen-bond donors (Lipinski definition) is 1. The van der Waals surface area contributed by atoms with Crippen molar-refractivity contribution in [2.75, 3.05) is 0 Å². The zero-order chi connectivity index (χ0) is 21.5. The third-order valence-corrected chi connectivity index (χ3v) is 7.50. The van der Waals surface area contributed by atoms with Crippen LogP contribution in [-0.2, 0) is 17.1 Å². The lowest BCUT2D eigenvalue weighted by Gasteiger charge is -2.23. The Labute approximate surface area is 171 Å². The summed E-state index contributed by atoms with van der Waals surface area (Å²) >= 11 is 0. The Bertz CT molecular complexity index is 1150. The number of nitrogens with one attached hydrogen (secondary N) is 1. The monoisotopic (exact) mass is 415 g/mol. The Hall–Kier alpha value is -2.51. The summed E-state index contributed by atoms with van der Waals surface area (Å²) in [4.78, 5) is 4.52. The van der Waals surface area contributed by atoms with E-state index >= 15 is 0 Å². The van der Waals surface area contributed by atoms with E-state index in [1.54, 1.807) is 42.2 Å². The van der Waals surface area contributed by atoms with Crippen molar-refractivity contribution in [3.8, 4) is 0 Å². The molecule has 1 heterocycles. The van der Waals surface area contributed by atoms with Gasteiger partial charge in [0.1, 0.15) is 17.7 Å². The standard InChI is InChI=1S/C22H26FN3O2S/c1-13-14(2)16(4)21(17(5)15(13)3)29(27,28)25-20(22-24-11-12-26(22)6)18-9-7-8-10-19(18)23/h7-12,20,25H,1-6H3. The predicted molar refractivity (Wildman–Crippen MR) is 112 cm³/mol. The molecule has 7 heteroatoms. The average Bonchev–Trinajstić information content (AvgIpc) is 3.09. The minimum Gasteiger partial charge on any atom is -0.336 e. The van der Waals surface area contributed by atoms with Gasteiger partial charge in [0, 0.05) is 25.0 Å². The molecule has 29 heavy (non-hydrogen) atoms. The molecule has 5 nitrogen and oxygen atoms in total. The maximum atomic E-state index is 14.6. The number of sulfonamides is 1. The third kappa shape index (κ3) is 3.72. The van der Waals surface area contributed by atoms with E-state index in [0.29, 0.717) is 17.0 Å². The largest absolute Gasteiger partial charge is 0.336 e. The van der Waals surface area contributed by atoms with Crippen LogP contribution < -0.4 is 4.72 Å². The molecule has 3 aromatic rings. The molecule has 0 aliphatic rings. The Balaban J connectivity index is 2.19. The Morgan fingerprint density at radius 1 is 0.966 bits per heavy atom. The van der Waals surface area contributed by atoms with E-state index in [9.17, 15) is 12.8 Å². The highest BCUT2D eigenvalue weighted by Crippen LogP contribution is 2.32. The highest BCUT2D eigenvalue weighted by molar-refractivity contribution is 7.89. The lowest BCUT2D eigenvalue weighted by Crippen LogP contribution is -2.33. The number of hydrogen-bond acceptors (Lipinski definition) is 3. The lowest BCUT2D eigenvalue weighted by atomic mass is 9.95. The van der Waals surface area contributed by atoms with Crippen molar-refractivity contribution >= 4 is 10.0 Å². The number of aryl methyl sites for hydroxylation is 1. The van der Waals surface area contributed by atoms with E-state index in [-0.39, 0.29) is 10.5 Å². The molecule has 0 spiro atoms. The summed E-state index contributed by atoms with van der Waals surface area (Å²) in [6.45, 7) is 9.45. The Morgan fingerprint density at radius 3 is 2.03 bits per heavy atom. The van der Waals surface area contributed by atoms with E-state index in [4.69, 9.17) is 0 Å². The smallest absolute Gasteiger partial charge is 0.242 e. The number of halogens is 1. The van der Waals surface area contributed by atoms with Crippen LogP contribution in [-0.4, -0.2) is 18.0 Å². The van der Waals surface area contributed by atoms with Crippen LogP contribution in [0.2, 0.25) is 0 Å². The maximum Gasteiger partial charge on any atom is 0.242 e. The number of rotatable bonds is 5. The van der Waals surface area contributed by atoms with Gasteiger partial charge in [-0.15, -0.1) is 0 Å². The second kappa shape index (κ2) is 7.72. The van der Waals surface area contributed by atoms with Crippen LogP contribution in [0.25, 0.3) is 0 Å². The summed E-state index contributed by atoms with van der Waals surface area (Å²) < 4.78 is 46.0. The van der Waals surface area contributed by atoms with Crippen molar-refractivity contribution in [3.63, 3.8) is 0 Å². The van der Waals surface area contributed by atoms with Gasteiger partial charge in [-0.1, -0.05) is 18.2 Å². The molecule has 1 unspecified atom stereocenters. The molecule has 0 fully saturated rings. The highest BCUT2D eigenvalue weighted by Gasteiger charge is 2.30. The molecular weight excluding hydrogens is 389 g/mol. The SMILES string of the molecule is Cc1c(C)c(C)c(S(=O)(=O)NC(c2ccccc2F)c2nccn2C)c(C)c1C. The van der Waals surface area contributed by atoms with Gasteiger partial charge in [-0.25, -0.2) is 17.8 Å². The quantitative estimate of drug-likeness (QED) is 0.680. The summed E-state index contributed by atoms with van der Waals surface area (Å²) in [6, 6.07) is 5.18. The van der Waals surface area contributed by atoms with E-state index in [1.807, 2.05) is 34.6 Å². The molecule has 0 radical (unpaired) electrons. The molecule has 1 aromatic heterocycles. The van der Waals surface area contributed by atoms with Gasteiger partial charge in [0.25, 0.3) is 0 Å². The van der Waals surface area contributed by atoms with Crippen molar-refractivity contribution in [1.82, 2.24) is 14.3 Å². The van der Waals surface area contributed by atoms with Crippen LogP contribution in [0.15, 0.2) is 41.6 Å². The van der Waals surface area contributed by atoms with Crippen LogP contribution in [0, 0.1) is 40.4 Å². The first-order valence-electron chi connectivity index (χ1n) is 9.37. The fourth-order valence-electron chi connectivity index (χ4n) is 3.70. The fourth-order valence-corrected chi connectivity index (χ4v) is 5.48. The van der Waals surface area contributed by atoms with Gasteiger partial charge in [0.2, 0.25) is 10.0 Å². The van der Waals surface area contributed by atoms with Gasteiger partial charge in [-0.3, -0.25) is 0 Å². The van der Waals surface area contributed by atoms with Crippen LogP contribution in [0.4, 0.5) is 4.39 Å². The molecule has 1 N–H and O–H groups in total. The summed E-state index contributed by atoms with van der Waals surface area (Å²) in [7, 11) is -2.21. The Kier molecular flexibility index (Phi) is 5.65. The normalized spacial score (nSPS) is 12.9. The minimum atomic E-state index is -3.96. The first kappa shape index (κ1) is 21.2. The molecule has 0 aliphatic heterocycles. The van der Waals surface area contributed by atoms with Gasteiger partial charge < -0.3 is 4.57 Å². The van der Waals surface area contributed by atoms with Crippen LogP contribution in [0.1, 0.15) is 45.2 Å². The molecule has 3 rings (SSSR count). The lowest BCUT2D eigenvalue weighted by molar-refractivity contribution is 0.544. The second-order valence-electron chi connectivity index (χ2n) is 7.43. The fraction of sp³-hybridized carbons (Fsp3) is 0.318. The summed E-state index contributed by atoms with van der Waals surface area (Å²) in [5, 5.41) is 0. The van der Waals surface area contributed by atoms with Crippen molar-refractivity contribution in [2.45, 2.75) is 45.6 Å². The summed E-state index contributed by atoms with van der Waals surface area (Å²) in [5.74, 6) is -0.0811.